The lowest BCUT2D eigenvalue weighted by Crippen LogP contribution is -2.47. The molecule has 1 fully saturated rings. The van der Waals surface area contributed by atoms with Crippen molar-refractivity contribution in [3.8, 4) is 5.75 Å². The molecule has 0 saturated carbocycles. The molecular weight excluding hydrogens is 354 g/mol. The number of methoxy groups -OCH3 is 1. The topological polar surface area (TPSA) is 79.0 Å². The highest BCUT2D eigenvalue weighted by Crippen LogP contribution is 2.26. The van der Waals surface area contributed by atoms with Crippen molar-refractivity contribution in [3.63, 3.8) is 0 Å². The first-order chi connectivity index (χ1) is 12.3. The molecular formula is C18H25N3O4S. The fraction of sp³-hybridized carbons (Fsp3) is 0.500. The second kappa shape index (κ2) is 8.93. The monoisotopic (exact) mass is 379 g/mol. The van der Waals surface area contributed by atoms with E-state index in [0.717, 1.165) is 5.56 Å². The first-order valence-electron chi connectivity index (χ1n) is 8.33. The van der Waals surface area contributed by atoms with E-state index in [2.05, 4.69) is 5.32 Å². The molecule has 0 bridgehead atoms. The molecule has 1 aromatic carbocycles. The Morgan fingerprint density at radius 2 is 1.96 bits per heavy atom. The van der Waals surface area contributed by atoms with Crippen LogP contribution in [0.4, 0.5) is 0 Å². The van der Waals surface area contributed by atoms with Gasteiger partial charge in [0, 0.05) is 26.8 Å². The maximum atomic E-state index is 12.8. The number of thioether (sulfide) groups is 1. The average molecular weight is 379 g/mol. The molecule has 1 N–H and O–H groups in total. The van der Waals surface area contributed by atoms with Gasteiger partial charge in [0.15, 0.2) is 0 Å². The molecule has 3 amide bonds. The minimum absolute atomic E-state index is 0.0797. The van der Waals surface area contributed by atoms with E-state index in [1.807, 2.05) is 12.1 Å². The first-order valence-corrected chi connectivity index (χ1v) is 9.48. The van der Waals surface area contributed by atoms with Crippen LogP contribution in [0.25, 0.3) is 0 Å². The van der Waals surface area contributed by atoms with Crippen molar-refractivity contribution in [2.24, 2.45) is 0 Å². The number of likely N-dealkylation sites (N-methyl/N-ethyl adjacent to an activating group) is 1. The largest absolute Gasteiger partial charge is 0.497 e. The number of rotatable bonds is 6. The molecule has 26 heavy (non-hydrogen) atoms. The zero-order valence-electron chi connectivity index (χ0n) is 15.5. The smallest absolute Gasteiger partial charge is 0.245 e. The van der Waals surface area contributed by atoms with Crippen LogP contribution in [0.2, 0.25) is 0 Å². The highest BCUT2D eigenvalue weighted by atomic mass is 32.2. The number of ether oxygens (including phenoxy) is 1. The molecule has 1 heterocycles. The Kier molecular flexibility index (Phi) is 6.90. The van der Waals surface area contributed by atoms with Gasteiger partial charge in [-0.15, -0.1) is 11.8 Å². The Bertz CT molecular complexity index is 663. The normalized spacial score (nSPS) is 17.5. The van der Waals surface area contributed by atoms with Crippen molar-refractivity contribution >= 4 is 29.5 Å². The molecule has 142 valence electrons. The summed E-state index contributed by atoms with van der Waals surface area (Å²) >= 11 is 1.56. The summed E-state index contributed by atoms with van der Waals surface area (Å²) in [5, 5.41) is 2.83. The van der Waals surface area contributed by atoms with Crippen LogP contribution in [0.1, 0.15) is 24.9 Å². The Balaban J connectivity index is 2.15. The van der Waals surface area contributed by atoms with Crippen LogP contribution in [-0.4, -0.2) is 66.4 Å². The lowest BCUT2D eigenvalue weighted by molar-refractivity contribution is -0.142. The zero-order chi connectivity index (χ0) is 19.3. The number of hydrogen-bond acceptors (Lipinski definition) is 5. The summed E-state index contributed by atoms with van der Waals surface area (Å²) in [7, 11) is 4.95. The van der Waals surface area contributed by atoms with E-state index >= 15 is 0 Å². The minimum Gasteiger partial charge on any atom is -0.497 e. The van der Waals surface area contributed by atoms with E-state index in [9.17, 15) is 14.4 Å². The van der Waals surface area contributed by atoms with Gasteiger partial charge in [-0.25, -0.2) is 0 Å². The molecule has 0 spiro atoms. The number of nitrogens with one attached hydrogen (secondary N) is 1. The second-order valence-corrected chi connectivity index (χ2v) is 7.34. The molecule has 7 nitrogen and oxygen atoms in total. The van der Waals surface area contributed by atoms with E-state index in [0.29, 0.717) is 17.4 Å². The SMILES string of the molecule is COc1ccc(C(CC(=O)N2CSCC2C(=O)N(C)C)NC(C)=O)cc1. The number of carbonyl (C=O) groups excluding carboxylic acids is 3. The van der Waals surface area contributed by atoms with Crippen molar-refractivity contribution in [2.45, 2.75) is 25.4 Å². The van der Waals surface area contributed by atoms with Gasteiger partial charge in [-0.05, 0) is 17.7 Å². The molecule has 1 saturated heterocycles. The lowest BCUT2D eigenvalue weighted by Gasteiger charge is -2.27. The van der Waals surface area contributed by atoms with E-state index in [-0.39, 0.29) is 24.1 Å². The van der Waals surface area contributed by atoms with Gasteiger partial charge in [0.1, 0.15) is 11.8 Å². The Hall–Kier alpha value is -2.22. The van der Waals surface area contributed by atoms with Crippen molar-refractivity contribution < 1.29 is 19.1 Å². The summed E-state index contributed by atoms with van der Waals surface area (Å²) in [6.07, 6.45) is 0.101. The summed E-state index contributed by atoms with van der Waals surface area (Å²) in [6.45, 7) is 1.42. The van der Waals surface area contributed by atoms with E-state index < -0.39 is 12.1 Å². The molecule has 8 heteroatoms. The van der Waals surface area contributed by atoms with Crippen molar-refractivity contribution in [2.75, 3.05) is 32.8 Å². The maximum Gasteiger partial charge on any atom is 0.245 e. The molecule has 2 unspecified atom stereocenters. The van der Waals surface area contributed by atoms with E-state index in [1.165, 1.54) is 11.8 Å². The van der Waals surface area contributed by atoms with Gasteiger partial charge in [0.05, 0.1) is 25.4 Å². The van der Waals surface area contributed by atoms with Gasteiger partial charge in [-0.3, -0.25) is 14.4 Å². The zero-order valence-corrected chi connectivity index (χ0v) is 16.3. The summed E-state index contributed by atoms with van der Waals surface area (Å²) in [4.78, 5) is 39.8. The summed E-state index contributed by atoms with van der Waals surface area (Å²) in [5.74, 6) is 1.34. The number of benzene rings is 1. The highest BCUT2D eigenvalue weighted by molar-refractivity contribution is 7.99. The van der Waals surface area contributed by atoms with Gasteiger partial charge in [0.2, 0.25) is 17.7 Å². The Morgan fingerprint density at radius 3 is 2.50 bits per heavy atom. The van der Waals surface area contributed by atoms with E-state index in [4.69, 9.17) is 4.74 Å². The quantitative estimate of drug-likeness (QED) is 0.805. The molecule has 0 aliphatic carbocycles. The molecule has 2 atom stereocenters. The van der Waals surface area contributed by atoms with Crippen LogP contribution < -0.4 is 10.1 Å². The van der Waals surface area contributed by atoms with Gasteiger partial charge in [0.25, 0.3) is 0 Å². The summed E-state index contributed by atoms with van der Waals surface area (Å²) in [5.41, 5.74) is 0.816. The second-order valence-electron chi connectivity index (χ2n) is 6.34. The van der Waals surface area contributed by atoms with Crippen LogP contribution in [-0.2, 0) is 14.4 Å². The predicted molar refractivity (Wildman–Crippen MR) is 101 cm³/mol. The van der Waals surface area contributed by atoms with Crippen LogP contribution in [0.5, 0.6) is 5.75 Å². The number of hydrogen-bond donors (Lipinski definition) is 1. The van der Waals surface area contributed by atoms with Crippen molar-refractivity contribution in [1.82, 2.24) is 15.1 Å². The van der Waals surface area contributed by atoms with Gasteiger partial charge in [-0.1, -0.05) is 12.1 Å². The van der Waals surface area contributed by atoms with Crippen LogP contribution in [0.3, 0.4) is 0 Å². The Morgan fingerprint density at radius 1 is 1.31 bits per heavy atom. The van der Waals surface area contributed by atoms with Gasteiger partial charge >= 0.3 is 0 Å². The van der Waals surface area contributed by atoms with Crippen LogP contribution >= 0.6 is 11.8 Å². The number of amides is 3. The molecule has 0 radical (unpaired) electrons. The molecule has 1 aromatic rings. The average Bonchev–Trinajstić information content (AvgIpc) is 3.09. The fourth-order valence-electron chi connectivity index (χ4n) is 2.82. The Labute approximate surface area is 158 Å². The molecule has 1 aliphatic heterocycles. The third-order valence-electron chi connectivity index (χ3n) is 4.20. The van der Waals surface area contributed by atoms with Crippen molar-refractivity contribution in [1.29, 1.82) is 0 Å². The lowest BCUT2D eigenvalue weighted by atomic mass is 10.0. The predicted octanol–water partition coefficient (Wildman–Crippen LogP) is 1.25. The number of carbonyl (C=O) groups is 3. The van der Waals surface area contributed by atoms with Crippen LogP contribution in [0, 0.1) is 0 Å². The highest BCUT2D eigenvalue weighted by Gasteiger charge is 2.36. The standard InChI is InChI=1S/C18H25N3O4S/c1-12(22)19-15(13-5-7-14(25-4)8-6-13)9-17(23)21-11-26-10-16(21)18(24)20(2)3/h5-8,15-16H,9-11H2,1-4H3,(H,19,22). The molecule has 1 aliphatic rings. The minimum atomic E-state index is -0.452. The third kappa shape index (κ3) is 4.91. The maximum absolute atomic E-state index is 12.8. The first kappa shape index (κ1) is 20.1. The fourth-order valence-corrected chi connectivity index (χ4v) is 3.99. The van der Waals surface area contributed by atoms with Crippen LogP contribution in [0.15, 0.2) is 24.3 Å². The van der Waals surface area contributed by atoms with Gasteiger partial charge in [-0.2, -0.15) is 0 Å². The third-order valence-corrected chi connectivity index (χ3v) is 5.22. The molecule has 2 rings (SSSR count). The molecule has 0 aromatic heterocycles. The summed E-state index contributed by atoms with van der Waals surface area (Å²) < 4.78 is 5.15. The number of nitrogens with zero attached hydrogens (tertiary/aromatic N) is 2. The summed E-state index contributed by atoms with van der Waals surface area (Å²) in [6, 6.07) is 6.34. The van der Waals surface area contributed by atoms with Gasteiger partial charge < -0.3 is 19.9 Å². The van der Waals surface area contributed by atoms with E-state index in [1.54, 1.807) is 50.0 Å². The van der Waals surface area contributed by atoms with Crippen molar-refractivity contribution in [3.05, 3.63) is 29.8 Å².